The van der Waals surface area contributed by atoms with Gasteiger partial charge >= 0.3 is 0 Å². The molecule has 31 heavy (non-hydrogen) atoms. The summed E-state index contributed by atoms with van der Waals surface area (Å²) in [7, 11) is 0. The van der Waals surface area contributed by atoms with Gasteiger partial charge in [-0.15, -0.1) is 0 Å². The lowest BCUT2D eigenvalue weighted by molar-refractivity contribution is -0.115. The van der Waals surface area contributed by atoms with Crippen LogP contribution in [-0.2, 0) is 11.3 Å². The molecule has 0 saturated carbocycles. The molecule has 0 atom stereocenters. The highest BCUT2D eigenvalue weighted by Gasteiger charge is 2.12. The molecule has 0 bridgehead atoms. The largest absolute Gasteiger partial charge is 0.491 e. The van der Waals surface area contributed by atoms with Gasteiger partial charge < -0.3 is 15.8 Å². The van der Waals surface area contributed by atoms with Gasteiger partial charge in [-0.3, -0.25) is 9.59 Å². The average Bonchev–Trinajstić information content (AvgIpc) is 2.77. The highest BCUT2D eigenvalue weighted by atomic mass is 16.5. The maximum atomic E-state index is 13.0. The van der Waals surface area contributed by atoms with Crippen molar-refractivity contribution in [3.63, 3.8) is 0 Å². The molecule has 0 unspecified atom stereocenters. The van der Waals surface area contributed by atoms with Crippen molar-refractivity contribution >= 4 is 23.5 Å². The zero-order valence-electron chi connectivity index (χ0n) is 17.7. The van der Waals surface area contributed by atoms with E-state index in [-0.39, 0.29) is 12.0 Å². The monoisotopic (exact) mass is 414 g/mol. The average molecular weight is 415 g/mol. The molecular formula is C26H26N2O3. The minimum Gasteiger partial charge on any atom is -0.491 e. The van der Waals surface area contributed by atoms with E-state index < -0.39 is 5.91 Å². The first-order valence-electron chi connectivity index (χ1n) is 10.1. The molecule has 3 aromatic rings. The van der Waals surface area contributed by atoms with Gasteiger partial charge in [-0.2, -0.15) is 0 Å². The minimum absolute atomic E-state index is 0.101. The van der Waals surface area contributed by atoms with Gasteiger partial charge in [0.15, 0.2) is 0 Å². The number of nitrogens with two attached hydrogens (primary N) is 1. The number of hydrogen-bond donors (Lipinski definition) is 2. The van der Waals surface area contributed by atoms with Crippen LogP contribution in [0.1, 0.15) is 40.9 Å². The fourth-order valence-corrected chi connectivity index (χ4v) is 3.04. The molecule has 3 rings (SSSR count). The van der Waals surface area contributed by atoms with E-state index in [2.05, 4.69) is 5.32 Å². The van der Waals surface area contributed by atoms with Crippen LogP contribution in [0.5, 0.6) is 5.75 Å². The summed E-state index contributed by atoms with van der Waals surface area (Å²) in [5, 5.41) is 2.96. The van der Waals surface area contributed by atoms with Crippen LogP contribution in [0.3, 0.4) is 0 Å². The quantitative estimate of drug-likeness (QED) is 0.423. The van der Waals surface area contributed by atoms with Crippen molar-refractivity contribution in [3.8, 4) is 5.75 Å². The van der Waals surface area contributed by atoms with Crippen molar-refractivity contribution in [1.82, 2.24) is 5.32 Å². The number of rotatable bonds is 8. The number of hydrogen-bond acceptors (Lipinski definition) is 3. The summed E-state index contributed by atoms with van der Waals surface area (Å²) < 4.78 is 5.69. The summed E-state index contributed by atoms with van der Waals surface area (Å²) in [6.07, 6.45) is 1.96. The van der Waals surface area contributed by atoms with Gasteiger partial charge in [0.1, 0.15) is 5.75 Å². The van der Waals surface area contributed by atoms with Crippen LogP contribution >= 0.6 is 0 Å². The smallest absolute Gasteiger partial charge is 0.252 e. The van der Waals surface area contributed by atoms with Crippen LogP contribution in [0, 0.1) is 0 Å². The Labute approximate surface area is 182 Å². The van der Waals surface area contributed by atoms with Crippen molar-refractivity contribution < 1.29 is 14.3 Å². The third-order valence-electron chi connectivity index (χ3n) is 4.58. The van der Waals surface area contributed by atoms with E-state index in [1.807, 2.05) is 74.5 Å². The lowest BCUT2D eigenvalue weighted by atomic mass is 10.0. The number of amides is 2. The first-order valence-corrected chi connectivity index (χ1v) is 10.1. The fraction of sp³-hybridized carbons (Fsp3) is 0.154. The van der Waals surface area contributed by atoms with E-state index in [9.17, 15) is 9.59 Å². The molecule has 0 aromatic heterocycles. The van der Waals surface area contributed by atoms with Gasteiger partial charge in [0.25, 0.3) is 5.91 Å². The fourth-order valence-electron chi connectivity index (χ4n) is 3.04. The maximum Gasteiger partial charge on any atom is 0.252 e. The minimum atomic E-state index is -0.477. The number of nitrogens with one attached hydrogen (secondary N) is 1. The molecule has 0 saturated heterocycles. The van der Waals surface area contributed by atoms with Crippen LogP contribution < -0.4 is 15.8 Å². The van der Waals surface area contributed by atoms with E-state index in [4.69, 9.17) is 10.5 Å². The standard InChI is InChI=1S/C26H26N2O3/c1-18(2)31-23-14-10-19(11-15-23)16-24(21-6-4-3-5-7-21)26(30)28-17-20-8-12-22(13-9-20)25(27)29/h3-16,18H,17H2,1-2H3,(H2,27,29)(H,28,30)/b24-16+. The Kier molecular flexibility index (Phi) is 7.22. The summed E-state index contributed by atoms with van der Waals surface area (Å²) in [5.41, 5.74) is 8.87. The topological polar surface area (TPSA) is 81.4 Å². The second kappa shape index (κ2) is 10.3. The Morgan fingerprint density at radius 1 is 0.903 bits per heavy atom. The Morgan fingerprint density at radius 3 is 2.13 bits per heavy atom. The third-order valence-corrected chi connectivity index (χ3v) is 4.58. The van der Waals surface area contributed by atoms with Crippen LogP contribution in [-0.4, -0.2) is 17.9 Å². The highest BCUT2D eigenvalue weighted by molar-refractivity contribution is 6.24. The Morgan fingerprint density at radius 2 is 1.55 bits per heavy atom. The number of benzene rings is 3. The molecular weight excluding hydrogens is 388 g/mol. The van der Waals surface area contributed by atoms with Crippen molar-refractivity contribution in [2.45, 2.75) is 26.5 Å². The van der Waals surface area contributed by atoms with Crippen LogP contribution in [0.4, 0.5) is 0 Å². The Hall–Kier alpha value is -3.86. The molecule has 158 valence electrons. The van der Waals surface area contributed by atoms with Gasteiger partial charge in [-0.1, -0.05) is 54.6 Å². The van der Waals surface area contributed by atoms with Gasteiger partial charge in [0, 0.05) is 17.7 Å². The lowest BCUT2D eigenvalue weighted by Crippen LogP contribution is -2.24. The molecule has 2 amide bonds. The van der Waals surface area contributed by atoms with E-state index in [1.54, 1.807) is 24.3 Å². The molecule has 0 spiro atoms. The van der Waals surface area contributed by atoms with Crippen molar-refractivity contribution in [1.29, 1.82) is 0 Å². The normalized spacial score (nSPS) is 11.3. The van der Waals surface area contributed by atoms with Crippen molar-refractivity contribution in [3.05, 3.63) is 101 Å². The van der Waals surface area contributed by atoms with Gasteiger partial charge in [0.05, 0.1) is 6.10 Å². The first kappa shape index (κ1) is 21.8. The van der Waals surface area contributed by atoms with Gasteiger partial charge in [0.2, 0.25) is 5.91 Å². The molecule has 0 radical (unpaired) electrons. The zero-order valence-corrected chi connectivity index (χ0v) is 17.7. The second-order valence-corrected chi connectivity index (χ2v) is 7.40. The van der Waals surface area contributed by atoms with Crippen LogP contribution in [0.15, 0.2) is 78.9 Å². The highest BCUT2D eigenvalue weighted by Crippen LogP contribution is 2.21. The molecule has 0 aliphatic carbocycles. The Bertz CT molecular complexity index is 1050. The molecule has 0 fully saturated rings. The van der Waals surface area contributed by atoms with E-state index in [1.165, 1.54) is 0 Å². The predicted octanol–water partition coefficient (Wildman–Crippen LogP) is 4.43. The van der Waals surface area contributed by atoms with Crippen molar-refractivity contribution in [2.75, 3.05) is 0 Å². The molecule has 5 nitrogen and oxygen atoms in total. The molecule has 3 aromatic carbocycles. The van der Waals surface area contributed by atoms with Gasteiger partial charge in [-0.05, 0) is 60.9 Å². The van der Waals surface area contributed by atoms with E-state index in [0.29, 0.717) is 17.7 Å². The predicted molar refractivity (Wildman–Crippen MR) is 123 cm³/mol. The molecule has 5 heteroatoms. The van der Waals surface area contributed by atoms with E-state index >= 15 is 0 Å². The third kappa shape index (κ3) is 6.31. The molecule has 0 aliphatic heterocycles. The SMILES string of the molecule is CC(C)Oc1ccc(/C=C(/C(=O)NCc2ccc(C(N)=O)cc2)c2ccccc2)cc1. The first-order chi connectivity index (χ1) is 14.9. The molecule has 3 N–H and O–H groups in total. The summed E-state index contributed by atoms with van der Waals surface area (Å²) in [5.74, 6) is 0.125. The van der Waals surface area contributed by atoms with Crippen LogP contribution in [0.2, 0.25) is 0 Å². The maximum absolute atomic E-state index is 13.0. The number of primary amides is 1. The number of carbonyl (C=O) groups excluding carboxylic acids is 2. The summed E-state index contributed by atoms with van der Waals surface area (Å²) in [6.45, 7) is 4.30. The second-order valence-electron chi connectivity index (χ2n) is 7.40. The summed E-state index contributed by atoms with van der Waals surface area (Å²) in [4.78, 5) is 24.2. The molecule has 0 aliphatic rings. The summed E-state index contributed by atoms with van der Waals surface area (Å²) >= 11 is 0. The zero-order chi connectivity index (χ0) is 22.2. The van der Waals surface area contributed by atoms with Gasteiger partial charge in [-0.25, -0.2) is 0 Å². The van der Waals surface area contributed by atoms with E-state index in [0.717, 1.165) is 22.4 Å². The lowest BCUT2D eigenvalue weighted by Gasteiger charge is -2.11. The number of carbonyl (C=O) groups is 2. The van der Waals surface area contributed by atoms with Crippen LogP contribution in [0.25, 0.3) is 11.6 Å². The number of ether oxygens (including phenoxy) is 1. The Balaban J connectivity index is 1.79. The van der Waals surface area contributed by atoms with Crippen molar-refractivity contribution in [2.24, 2.45) is 5.73 Å². The molecule has 0 heterocycles. The summed E-state index contributed by atoms with van der Waals surface area (Å²) in [6, 6.07) is 24.0.